The van der Waals surface area contributed by atoms with Crippen LogP contribution in [0.5, 0.6) is 0 Å². The number of aromatic nitrogens is 1. The summed E-state index contributed by atoms with van der Waals surface area (Å²) in [5.41, 5.74) is 2.71. The van der Waals surface area contributed by atoms with Crippen molar-refractivity contribution in [2.45, 2.75) is 20.0 Å². The number of rotatable bonds is 6. The van der Waals surface area contributed by atoms with Gasteiger partial charge in [0.2, 0.25) is 0 Å². The first-order chi connectivity index (χ1) is 10.7. The second-order valence-electron chi connectivity index (χ2n) is 4.88. The number of nitrogens with zero attached hydrogens (tertiary/aromatic N) is 1. The Labute approximate surface area is 130 Å². The highest BCUT2D eigenvalue weighted by atomic mass is 16.5. The molecule has 2 N–H and O–H groups in total. The molecule has 0 saturated carbocycles. The van der Waals surface area contributed by atoms with Gasteiger partial charge in [0.15, 0.2) is 0 Å². The highest BCUT2D eigenvalue weighted by Crippen LogP contribution is 2.16. The van der Waals surface area contributed by atoms with Crippen molar-refractivity contribution in [1.82, 2.24) is 10.3 Å². The predicted molar refractivity (Wildman–Crippen MR) is 86.8 cm³/mol. The number of nitrogens with one attached hydrogen (secondary N) is 2. The van der Waals surface area contributed by atoms with Gasteiger partial charge in [-0.05, 0) is 31.0 Å². The maximum Gasteiger partial charge on any atom is 0.319 e. The second-order valence-corrected chi connectivity index (χ2v) is 4.88. The number of carbonyl (C=O) groups is 1. The summed E-state index contributed by atoms with van der Waals surface area (Å²) in [5.74, 6) is 0. The van der Waals surface area contributed by atoms with Crippen molar-refractivity contribution in [2.75, 3.05) is 18.5 Å². The van der Waals surface area contributed by atoms with Crippen LogP contribution in [0.15, 0.2) is 48.8 Å². The fourth-order valence-corrected chi connectivity index (χ4v) is 2.11. The first-order valence-electron chi connectivity index (χ1n) is 7.32. The summed E-state index contributed by atoms with van der Waals surface area (Å²) >= 11 is 0. The molecule has 0 spiro atoms. The van der Waals surface area contributed by atoms with E-state index in [-0.39, 0.29) is 12.1 Å². The smallest absolute Gasteiger partial charge is 0.319 e. The van der Waals surface area contributed by atoms with E-state index in [1.807, 2.05) is 44.2 Å². The van der Waals surface area contributed by atoms with E-state index < -0.39 is 0 Å². The van der Waals surface area contributed by atoms with Crippen LogP contribution in [0.2, 0.25) is 0 Å². The summed E-state index contributed by atoms with van der Waals surface area (Å²) in [5, 5.41) is 5.66. The molecule has 0 saturated heterocycles. The van der Waals surface area contributed by atoms with Gasteiger partial charge in [-0.3, -0.25) is 4.98 Å². The molecule has 2 amide bonds. The number of aryl methyl sites for hydroxylation is 1. The fraction of sp³-hybridized carbons (Fsp3) is 0.294. The summed E-state index contributed by atoms with van der Waals surface area (Å²) < 4.78 is 5.70. The summed E-state index contributed by atoms with van der Waals surface area (Å²) in [6, 6.07) is 11.4. The third-order valence-electron chi connectivity index (χ3n) is 3.26. The number of benzene rings is 1. The molecule has 0 aliphatic heterocycles. The molecular weight excluding hydrogens is 278 g/mol. The molecule has 0 unspecified atom stereocenters. The predicted octanol–water partition coefficient (Wildman–Crippen LogP) is 3.29. The highest BCUT2D eigenvalue weighted by molar-refractivity contribution is 5.89. The Kier molecular flexibility index (Phi) is 5.91. The van der Waals surface area contributed by atoms with Crippen molar-refractivity contribution in [1.29, 1.82) is 0 Å². The Morgan fingerprint density at radius 2 is 2.05 bits per heavy atom. The van der Waals surface area contributed by atoms with E-state index in [9.17, 15) is 4.79 Å². The van der Waals surface area contributed by atoms with Crippen molar-refractivity contribution in [3.05, 3.63) is 59.9 Å². The summed E-state index contributed by atoms with van der Waals surface area (Å²) in [6.07, 6.45) is 3.20. The number of ether oxygens (including phenoxy) is 1. The molecule has 5 heteroatoms. The largest absolute Gasteiger partial charge is 0.372 e. The van der Waals surface area contributed by atoms with Crippen molar-refractivity contribution < 1.29 is 9.53 Å². The number of urea groups is 1. The number of carbonyl (C=O) groups excluding carboxylic acids is 1. The standard InChI is InChI=1S/C17H21N3O2/c1-3-22-16(14-7-5-4-6-8-14)12-19-17(21)20-15-9-10-18-11-13(15)2/h4-11,16H,3,12H2,1-2H3,(H2,18,19,20,21)/t16-/m1/s1. The van der Waals surface area contributed by atoms with Crippen molar-refractivity contribution in [3.8, 4) is 0 Å². The normalized spacial score (nSPS) is 11.7. The first kappa shape index (κ1) is 16.0. The van der Waals surface area contributed by atoms with Crippen molar-refractivity contribution >= 4 is 11.7 Å². The molecular formula is C17H21N3O2. The van der Waals surface area contributed by atoms with Gasteiger partial charge in [-0.1, -0.05) is 30.3 Å². The third-order valence-corrected chi connectivity index (χ3v) is 3.26. The van der Waals surface area contributed by atoms with E-state index in [4.69, 9.17) is 4.74 Å². The highest BCUT2D eigenvalue weighted by Gasteiger charge is 2.13. The van der Waals surface area contributed by atoms with E-state index in [2.05, 4.69) is 15.6 Å². The molecule has 0 aliphatic carbocycles. The number of hydrogen-bond acceptors (Lipinski definition) is 3. The van der Waals surface area contributed by atoms with Gasteiger partial charge in [0.05, 0.1) is 6.10 Å². The van der Waals surface area contributed by atoms with Crippen LogP contribution in [0.1, 0.15) is 24.2 Å². The van der Waals surface area contributed by atoms with Crippen LogP contribution in [-0.4, -0.2) is 24.2 Å². The first-order valence-corrected chi connectivity index (χ1v) is 7.32. The molecule has 2 aromatic rings. The topological polar surface area (TPSA) is 63.2 Å². The monoisotopic (exact) mass is 299 g/mol. The average Bonchev–Trinajstić information content (AvgIpc) is 2.54. The Hall–Kier alpha value is -2.40. The molecule has 116 valence electrons. The summed E-state index contributed by atoms with van der Waals surface area (Å²) in [6.45, 7) is 4.84. The number of pyridine rings is 1. The van der Waals surface area contributed by atoms with Gasteiger partial charge >= 0.3 is 6.03 Å². The molecule has 22 heavy (non-hydrogen) atoms. The second kappa shape index (κ2) is 8.14. The Morgan fingerprint density at radius 1 is 1.27 bits per heavy atom. The third kappa shape index (κ3) is 4.56. The molecule has 2 rings (SSSR count). The zero-order valence-corrected chi connectivity index (χ0v) is 12.9. The van der Waals surface area contributed by atoms with Crippen LogP contribution >= 0.6 is 0 Å². The molecule has 0 bridgehead atoms. The molecule has 1 heterocycles. The van der Waals surface area contributed by atoms with Crippen LogP contribution in [0.25, 0.3) is 0 Å². The van der Waals surface area contributed by atoms with Crippen molar-refractivity contribution in [3.63, 3.8) is 0 Å². The van der Waals surface area contributed by atoms with E-state index in [1.165, 1.54) is 0 Å². The molecule has 5 nitrogen and oxygen atoms in total. The summed E-state index contributed by atoms with van der Waals surface area (Å²) in [4.78, 5) is 16.0. The van der Waals surface area contributed by atoms with Gasteiger partial charge in [0.1, 0.15) is 0 Å². The molecule has 0 aliphatic rings. The Balaban J connectivity index is 1.92. The fourth-order valence-electron chi connectivity index (χ4n) is 2.11. The molecule has 1 atom stereocenters. The van der Waals surface area contributed by atoms with Gasteiger partial charge in [-0.15, -0.1) is 0 Å². The minimum Gasteiger partial charge on any atom is -0.372 e. The minimum absolute atomic E-state index is 0.157. The summed E-state index contributed by atoms with van der Waals surface area (Å²) in [7, 11) is 0. The number of amides is 2. The van der Waals surface area contributed by atoms with Crippen LogP contribution < -0.4 is 10.6 Å². The van der Waals surface area contributed by atoms with Crippen molar-refractivity contribution in [2.24, 2.45) is 0 Å². The van der Waals surface area contributed by atoms with Crippen LogP contribution in [0.3, 0.4) is 0 Å². The van der Waals surface area contributed by atoms with E-state index >= 15 is 0 Å². The lowest BCUT2D eigenvalue weighted by Crippen LogP contribution is -2.33. The molecule has 0 fully saturated rings. The van der Waals surface area contributed by atoms with Gasteiger partial charge in [0.25, 0.3) is 0 Å². The Bertz CT molecular complexity index is 602. The van der Waals surface area contributed by atoms with Crippen LogP contribution in [0, 0.1) is 6.92 Å². The lowest BCUT2D eigenvalue weighted by Gasteiger charge is -2.18. The van der Waals surface area contributed by atoms with E-state index in [0.29, 0.717) is 13.2 Å². The quantitative estimate of drug-likeness (QED) is 0.860. The number of hydrogen-bond donors (Lipinski definition) is 2. The lowest BCUT2D eigenvalue weighted by molar-refractivity contribution is 0.0643. The molecule has 0 radical (unpaired) electrons. The SMILES string of the molecule is CCO[C@H](CNC(=O)Nc1ccncc1C)c1ccccc1. The molecule has 1 aromatic heterocycles. The zero-order valence-electron chi connectivity index (χ0n) is 12.9. The lowest BCUT2D eigenvalue weighted by atomic mass is 10.1. The minimum atomic E-state index is -0.255. The maximum atomic E-state index is 12.0. The maximum absolute atomic E-state index is 12.0. The Morgan fingerprint density at radius 3 is 2.73 bits per heavy atom. The van der Waals surface area contributed by atoms with Gasteiger partial charge < -0.3 is 15.4 Å². The van der Waals surface area contributed by atoms with Gasteiger partial charge in [0, 0.05) is 31.2 Å². The van der Waals surface area contributed by atoms with Gasteiger partial charge in [-0.25, -0.2) is 4.79 Å². The average molecular weight is 299 g/mol. The van der Waals surface area contributed by atoms with E-state index in [0.717, 1.165) is 16.8 Å². The van der Waals surface area contributed by atoms with Gasteiger partial charge in [-0.2, -0.15) is 0 Å². The van der Waals surface area contributed by atoms with Crippen LogP contribution in [-0.2, 0) is 4.74 Å². The van der Waals surface area contributed by atoms with E-state index in [1.54, 1.807) is 18.5 Å². The molecule has 1 aromatic carbocycles. The van der Waals surface area contributed by atoms with Crippen LogP contribution in [0.4, 0.5) is 10.5 Å². The number of anilines is 1. The zero-order chi connectivity index (χ0) is 15.8.